The summed E-state index contributed by atoms with van der Waals surface area (Å²) in [5.74, 6) is -2.26. The average molecular weight is 490 g/mol. The highest BCUT2D eigenvalue weighted by Gasteiger charge is 2.46. The number of halogens is 2. The van der Waals surface area contributed by atoms with E-state index in [4.69, 9.17) is 0 Å². The van der Waals surface area contributed by atoms with Crippen LogP contribution in [0, 0.1) is 17.6 Å². The molecule has 0 radical (unpaired) electrons. The van der Waals surface area contributed by atoms with Crippen molar-refractivity contribution in [1.82, 2.24) is 14.8 Å². The second-order valence-corrected chi connectivity index (χ2v) is 10.3. The van der Waals surface area contributed by atoms with Crippen LogP contribution < -0.4 is 10.7 Å². The molecule has 1 aromatic heterocycles. The zero-order chi connectivity index (χ0) is 24.0. The molecule has 1 unspecified atom stereocenters. The van der Waals surface area contributed by atoms with E-state index in [1.807, 2.05) is 4.90 Å². The monoisotopic (exact) mass is 489 g/mol. The van der Waals surface area contributed by atoms with Crippen molar-refractivity contribution >= 4 is 23.6 Å². The minimum absolute atomic E-state index is 0.0546. The number of hydrogen-bond donors (Lipinski definition) is 2. The maximum absolute atomic E-state index is 13.9. The van der Waals surface area contributed by atoms with Gasteiger partial charge < -0.3 is 19.9 Å². The Morgan fingerprint density at radius 1 is 1.18 bits per heavy atom. The van der Waals surface area contributed by atoms with Gasteiger partial charge in [-0.05, 0) is 24.8 Å². The SMILES string of the molecule is O=C(NCc1ccc(F)cc1F)c1cn2c(c(O)c1=O)C(=O)N1C(C2)SC[C@H]1C1CCCCC1. The van der Waals surface area contributed by atoms with Crippen molar-refractivity contribution in [2.45, 2.75) is 56.6 Å². The molecule has 1 aliphatic carbocycles. The van der Waals surface area contributed by atoms with E-state index in [0.29, 0.717) is 18.5 Å². The van der Waals surface area contributed by atoms with Crippen LogP contribution in [0.2, 0.25) is 0 Å². The summed E-state index contributed by atoms with van der Waals surface area (Å²) in [5, 5.41) is 13.0. The number of aromatic hydroxyl groups is 1. The number of thioether (sulfide) groups is 1. The van der Waals surface area contributed by atoms with Crippen LogP contribution in [0.3, 0.4) is 0 Å². The lowest BCUT2D eigenvalue weighted by atomic mass is 9.83. The number of nitrogens with one attached hydrogen (secondary N) is 1. The first-order valence-electron chi connectivity index (χ1n) is 11.5. The quantitative estimate of drug-likeness (QED) is 0.688. The van der Waals surface area contributed by atoms with Crippen LogP contribution in [0.4, 0.5) is 8.78 Å². The Hall–Kier alpha value is -2.88. The Bertz CT molecular complexity index is 1210. The minimum Gasteiger partial charge on any atom is -0.503 e. The highest BCUT2D eigenvalue weighted by molar-refractivity contribution is 8.00. The van der Waals surface area contributed by atoms with Crippen molar-refractivity contribution < 1.29 is 23.5 Å². The van der Waals surface area contributed by atoms with Crippen LogP contribution in [0.15, 0.2) is 29.2 Å². The lowest BCUT2D eigenvalue weighted by Crippen LogP contribution is -2.51. The molecule has 2 N–H and O–H groups in total. The molecule has 1 aromatic carbocycles. The van der Waals surface area contributed by atoms with Gasteiger partial charge in [-0.2, -0.15) is 0 Å². The largest absolute Gasteiger partial charge is 0.503 e. The Balaban J connectivity index is 1.39. The molecular formula is C24H25F2N3O4S. The van der Waals surface area contributed by atoms with Crippen LogP contribution in [0.25, 0.3) is 0 Å². The molecule has 10 heteroatoms. The zero-order valence-corrected chi connectivity index (χ0v) is 19.2. The highest BCUT2D eigenvalue weighted by atomic mass is 32.2. The maximum Gasteiger partial charge on any atom is 0.275 e. The fourth-order valence-electron chi connectivity index (χ4n) is 5.29. The molecule has 7 nitrogen and oxygen atoms in total. The number of carbonyl (C=O) groups is 2. The number of carbonyl (C=O) groups excluding carboxylic acids is 2. The Morgan fingerprint density at radius 3 is 2.68 bits per heavy atom. The van der Waals surface area contributed by atoms with E-state index >= 15 is 0 Å². The van der Waals surface area contributed by atoms with Crippen LogP contribution in [-0.2, 0) is 13.1 Å². The summed E-state index contributed by atoms with van der Waals surface area (Å²) in [6.45, 7) is 0.0941. The summed E-state index contributed by atoms with van der Waals surface area (Å²) in [6.07, 6.45) is 6.96. The van der Waals surface area contributed by atoms with Crippen molar-refractivity contribution in [3.8, 4) is 5.75 Å². The Morgan fingerprint density at radius 2 is 1.94 bits per heavy atom. The van der Waals surface area contributed by atoms with Crippen LogP contribution in [0.5, 0.6) is 5.75 Å². The fourth-order valence-corrected chi connectivity index (χ4v) is 6.83. The van der Waals surface area contributed by atoms with Gasteiger partial charge in [-0.25, -0.2) is 8.78 Å². The van der Waals surface area contributed by atoms with Gasteiger partial charge in [0.2, 0.25) is 5.43 Å². The second kappa shape index (κ2) is 9.05. The van der Waals surface area contributed by atoms with Crippen molar-refractivity contribution in [2.75, 3.05) is 5.75 Å². The number of nitrogens with zero attached hydrogens (tertiary/aromatic N) is 2. The van der Waals surface area contributed by atoms with Crippen molar-refractivity contribution in [1.29, 1.82) is 0 Å². The first kappa shape index (κ1) is 22.9. The van der Waals surface area contributed by atoms with Crippen LogP contribution >= 0.6 is 11.8 Å². The number of amides is 2. The molecule has 180 valence electrons. The molecule has 2 aromatic rings. The number of rotatable bonds is 4. The third kappa shape index (κ3) is 3.97. The van der Waals surface area contributed by atoms with Gasteiger partial charge in [-0.3, -0.25) is 14.4 Å². The van der Waals surface area contributed by atoms with E-state index in [-0.39, 0.29) is 40.7 Å². The molecule has 3 heterocycles. The summed E-state index contributed by atoms with van der Waals surface area (Å²) >= 11 is 1.68. The number of benzene rings is 1. The lowest BCUT2D eigenvalue weighted by molar-refractivity contribution is 0.0526. The van der Waals surface area contributed by atoms with E-state index < -0.39 is 28.7 Å². The second-order valence-electron chi connectivity index (χ2n) is 9.11. The molecule has 34 heavy (non-hydrogen) atoms. The van der Waals surface area contributed by atoms with Gasteiger partial charge in [-0.1, -0.05) is 25.3 Å². The normalized spacial score (nSPS) is 22.4. The topological polar surface area (TPSA) is 91.6 Å². The van der Waals surface area contributed by atoms with Gasteiger partial charge >= 0.3 is 0 Å². The molecular weight excluding hydrogens is 464 g/mol. The molecule has 2 aliphatic heterocycles. The van der Waals surface area contributed by atoms with Gasteiger partial charge in [0.25, 0.3) is 11.8 Å². The predicted molar refractivity (Wildman–Crippen MR) is 123 cm³/mol. The molecule has 2 amide bonds. The van der Waals surface area contributed by atoms with Crippen molar-refractivity contribution in [2.24, 2.45) is 5.92 Å². The van der Waals surface area contributed by atoms with Gasteiger partial charge in [0, 0.05) is 36.2 Å². The molecule has 3 aliphatic rings. The molecule has 2 fully saturated rings. The van der Waals surface area contributed by atoms with E-state index in [0.717, 1.165) is 37.5 Å². The van der Waals surface area contributed by atoms with Crippen molar-refractivity contribution in [3.05, 3.63) is 63.1 Å². The molecule has 1 saturated heterocycles. The molecule has 5 rings (SSSR count). The highest BCUT2D eigenvalue weighted by Crippen LogP contribution is 2.42. The molecule has 0 spiro atoms. The molecule has 1 saturated carbocycles. The summed E-state index contributed by atoms with van der Waals surface area (Å²) in [7, 11) is 0. The minimum atomic E-state index is -0.948. The van der Waals surface area contributed by atoms with E-state index in [1.54, 1.807) is 11.8 Å². The first-order chi connectivity index (χ1) is 16.3. The third-order valence-corrected chi connectivity index (χ3v) is 8.36. The van der Waals surface area contributed by atoms with Gasteiger partial charge in [0.15, 0.2) is 11.4 Å². The summed E-state index contributed by atoms with van der Waals surface area (Å²) < 4.78 is 28.4. The zero-order valence-electron chi connectivity index (χ0n) is 18.4. The average Bonchev–Trinajstić information content (AvgIpc) is 3.25. The first-order valence-corrected chi connectivity index (χ1v) is 12.5. The predicted octanol–water partition coefficient (Wildman–Crippen LogP) is 3.24. The van der Waals surface area contributed by atoms with E-state index in [9.17, 15) is 28.3 Å². The molecule has 0 bridgehead atoms. The Labute approximate surface area is 199 Å². The summed E-state index contributed by atoms with van der Waals surface area (Å²) in [5.41, 5.74) is -1.32. The van der Waals surface area contributed by atoms with Crippen LogP contribution in [0.1, 0.15) is 58.5 Å². The molecule has 2 atom stereocenters. The van der Waals surface area contributed by atoms with E-state index in [2.05, 4.69) is 5.32 Å². The fraction of sp³-hybridized carbons (Fsp3) is 0.458. The number of pyridine rings is 1. The summed E-state index contributed by atoms with van der Waals surface area (Å²) in [4.78, 5) is 40.7. The number of hydrogen-bond acceptors (Lipinski definition) is 5. The lowest BCUT2D eigenvalue weighted by Gasteiger charge is -2.39. The standard InChI is InChI=1S/C24H25F2N3O4S/c25-15-7-6-14(17(26)8-15)9-27-23(32)16-10-28-11-19-29(24(33)20(28)22(31)21(16)30)18(12-34-19)13-4-2-1-3-5-13/h6-8,10,13,18-19,31H,1-5,9,11-12H2,(H,27,32)/t18-,19?/m0/s1. The van der Waals surface area contributed by atoms with Gasteiger partial charge in [0.05, 0.1) is 11.9 Å². The van der Waals surface area contributed by atoms with Crippen LogP contribution in [-0.4, -0.2) is 43.6 Å². The number of aromatic nitrogens is 1. The van der Waals surface area contributed by atoms with Gasteiger partial charge in [-0.15, -0.1) is 11.8 Å². The maximum atomic E-state index is 13.9. The Kier molecular flexibility index (Phi) is 6.09. The van der Waals surface area contributed by atoms with E-state index in [1.165, 1.54) is 23.3 Å². The third-order valence-electron chi connectivity index (χ3n) is 7.07. The van der Waals surface area contributed by atoms with Gasteiger partial charge in [0.1, 0.15) is 17.2 Å². The summed E-state index contributed by atoms with van der Waals surface area (Å²) in [6, 6.07) is 3.06. The number of fused-ring (bicyclic) bond motifs is 2. The smallest absolute Gasteiger partial charge is 0.275 e. The van der Waals surface area contributed by atoms with Crippen molar-refractivity contribution in [3.63, 3.8) is 0 Å².